The molecular formula is C38H40N2O5S. The highest BCUT2D eigenvalue weighted by Crippen LogP contribution is 2.44. The summed E-state index contributed by atoms with van der Waals surface area (Å²) in [4.78, 5) is 26.6. The van der Waals surface area contributed by atoms with Crippen LogP contribution < -0.4 is 19.5 Å². The molecule has 2 amide bonds. The smallest absolute Gasteiger partial charge is 0.290 e. The van der Waals surface area contributed by atoms with Crippen molar-refractivity contribution < 1.29 is 23.8 Å². The lowest BCUT2D eigenvalue weighted by molar-refractivity contribution is -0.115. The molecule has 1 saturated heterocycles. The number of carbonyl (C=O) groups excluding carboxylic acids is 2. The van der Waals surface area contributed by atoms with Gasteiger partial charge in [0.2, 0.25) is 0 Å². The van der Waals surface area contributed by atoms with Gasteiger partial charge in [0.05, 0.1) is 4.91 Å². The van der Waals surface area contributed by atoms with Crippen molar-refractivity contribution >= 4 is 39.8 Å². The van der Waals surface area contributed by atoms with Gasteiger partial charge in [-0.3, -0.25) is 19.8 Å². The minimum absolute atomic E-state index is 0.355. The Labute approximate surface area is 274 Å². The Morgan fingerprint density at radius 3 is 2.46 bits per heavy atom. The van der Waals surface area contributed by atoms with Crippen molar-refractivity contribution in [2.24, 2.45) is 0 Å². The number of hydrogen-bond donors (Lipinski definition) is 1. The summed E-state index contributed by atoms with van der Waals surface area (Å²) in [6.07, 6.45) is 3.55. The topological polar surface area (TPSA) is 77.1 Å². The zero-order valence-electron chi connectivity index (χ0n) is 27.1. The Kier molecular flexibility index (Phi) is 9.11. The van der Waals surface area contributed by atoms with Crippen LogP contribution in [0.15, 0.2) is 71.6 Å². The summed E-state index contributed by atoms with van der Waals surface area (Å²) in [5, 5.41) is 3.97. The minimum Gasteiger partial charge on any atom is -0.491 e. The van der Waals surface area contributed by atoms with E-state index >= 15 is 0 Å². The van der Waals surface area contributed by atoms with Gasteiger partial charge >= 0.3 is 0 Å². The van der Waals surface area contributed by atoms with Crippen molar-refractivity contribution in [3.05, 3.63) is 105 Å². The van der Waals surface area contributed by atoms with Crippen LogP contribution in [0.2, 0.25) is 0 Å². The number of hydrogen-bond acceptors (Lipinski definition) is 7. The van der Waals surface area contributed by atoms with Gasteiger partial charge in [-0.05, 0) is 93.1 Å². The first-order valence-electron chi connectivity index (χ1n) is 15.7. The van der Waals surface area contributed by atoms with E-state index in [-0.39, 0.29) is 16.7 Å². The number of amides is 2. The highest BCUT2D eigenvalue weighted by atomic mass is 32.2. The van der Waals surface area contributed by atoms with Gasteiger partial charge in [-0.15, -0.1) is 0 Å². The van der Waals surface area contributed by atoms with Gasteiger partial charge < -0.3 is 14.2 Å². The summed E-state index contributed by atoms with van der Waals surface area (Å²) in [7, 11) is 2.09. The maximum atomic E-state index is 12.2. The molecular weight excluding hydrogens is 596 g/mol. The van der Waals surface area contributed by atoms with E-state index in [1.54, 1.807) is 6.08 Å². The molecule has 1 fully saturated rings. The number of imide groups is 1. The summed E-state index contributed by atoms with van der Waals surface area (Å²) in [5.74, 6) is 2.27. The predicted molar refractivity (Wildman–Crippen MR) is 185 cm³/mol. The van der Waals surface area contributed by atoms with Crippen molar-refractivity contribution in [2.45, 2.75) is 52.7 Å². The van der Waals surface area contributed by atoms with E-state index in [2.05, 4.69) is 57.1 Å². The molecule has 1 unspecified atom stereocenters. The first-order valence-corrected chi connectivity index (χ1v) is 16.5. The quantitative estimate of drug-likeness (QED) is 0.178. The molecule has 0 radical (unpaired) electrons. The van der Waals surface area contributed by atoms with Gasteiger partial charge in [0, 0.05) is 29.6 Å². The van der Waals surface area contributed by atoms with E-state index < -0.39 is 0 Å². The molecule has 4 aromatic rings. The molecule has 0 saturated carbocycles. The summed E-state index contributed by atoms with van der Waals surface area (Å²) in [5.41, 5.74) is 6.22. The van der Waals surface area contributed by atoms with Crippen molar-refractivity contribution in [3.63, 3.8) is 0 Å². The summed E-state index contributed by atoms with van der Waals surface area (Å²) < 4.78 is 19.6. The molecule has 0 aromatic heterocycles. The van der Waals surface area contributed by atoms with Crippen LogP contribution >= 0.6 is 11.8 Å². The number of nitrogens with one attached hydrogen (secondary N) is 1. The second-order valence-corrected chi connectivity index (χ2v) is 13.5. The summed E-state index contributed by atoms with van der Waals surface area (Å²) >= 11 is 0.907. The molecule has 2 aliphatic rings. The number of ether oxygens (including phenoxy) is 3. The van der Waals surface area contributed by atoms with E-state index in [1.807, 2.05) is 54.6 Å². The molecule has 7 nitrogen and oxygen atoms in total. The van der Waals surface area contributed by atoms with Gasteiger partial charge in [-0.2, -0.15) is 0 Å². The first kappa shape index (κ1) is 31.7. The van der Waals surface area contributed by atoms with Crippen molar-refractivity contribution in [1.29, 1.82) is 0 Å². The SMILES string of the molecule is Cc1c(C)c2c(c(C)c1OCc1ccccc1)CCC(C)(CN(C)CCOc1c(C=C3SC(=O)NC3=O)ccc3ccccc13)O2. The standard InChI is InChI=1S/C38H40N2O5S/c1-24-25(2)34-30(26(3)33(24)44-22-27-11-7-6-8-12-27)17-18-38(4,45-34)23-40(5)19-20-43-35-29(21-32-36(41)39-37(42)46-32)16-15-28-13-9-10-14-31(28)35/h6-16,21H,17-20,22-23H2,1-5H3,(H,39,41,42). The largest absolute Gasteiger partial charge is 0.491 e. The molecule has 8 heteroatoms. The summed E-state index contributed by atoms with van der Waals surface area (Å²) in [6, 6.07) is 22.2. The molecule has 1 atom stereocenters. The Morgan fingerprint density at radius 1 is 0.935 bits per heavy atom. The number of nitrogens with zero attached hydrogens (tertiary/aromatic N) is 1. The zero-order chi connectivity index (χ0) is 32.4. The van der Waals surface area contributed by atoms with Crippen LogP contribution in [0.4, 0.5) is 4.79 Å². The maximum Gasteiger partial charge on any atom is 0.290 e. The zero-order valence-corrected chi connectivity index (χ0v) is 27.9. The van der Waals surface area contributed by atoms with Crippen molar-refractivity contribution in [3.8, 4) is 17.2 Å². The fraction of sp³-hybridized carbons (Fsp3) is 0.316. The predicted octanol–water partition coefficient (Wildman–Crippen LogP) is 7.76. The molecule has 1 N–H and O–H groups in total. The Bertz CT molecular complexity index is 1840. The lowest BCUT2D eigenvalue weighted by Gasteiger charge is -2.40. The van der Waals surface area contributed by atoms with Crippen molar-refractivity contribution in [2.75, 3.05) is 26.7 Å². The van der Waals surface area contributed by atoms with E-state index in [0.29, 0.717) is 30.4 Å². The normalized spacial score (nSPS) is 18.5. The minimum atomic E-state index is -0.382. The second-order valence-electron chi connectivity index (χ2n) is 12.5. The number of rotatable bonds is 10. The molecule has 46 heavy (non-hydrogen) atoms. The number of benzene rings is 4. The molecule has 4 aromatic carbocycles. The van der Waals surface area contributed by atoms with Gasteiger partial charge in [0.1, 0.15) is 36.1 Å². The average molecular weight is 637 g/mol. The molecule has 0 bridgehead atoms. The van der Waals surface area contributed by atoms with Crippen molar-refractivity contribution in [1.82, 2.24) is 10.2 Å². The van der Waals surface area contributed by atoms with E-state index in [4.69, 9.17) is 14.2 Å². The number of carbonyl (C=O) groups is 2. The highest BCUT2D eigenvalue weighted by Gasteiger charge is 2.36. The Balaban J connectivity index is 1.13. The number of thioether (sulfide) groups is 1. The number of fused-ring (bicyclic) bond motifs is 2. The average Bonchev–Trinajstić information content (AvgIpc) is 3.36. The van der Waals surface area contributed by atoms with Gasteiger partial charge in [0.15, 0.2) is 0 Å². The van der Waals surface area contributed by atoms with Crippen LogP contribution in [0.1, 0.15) is 46.7 Å². The fourth-order valence-corrected chi connectivity index (χ4v) is 7.06. The highest BCUT2D eigenvalue weighted by molar-refractivity contribution is 8.18. The molecule has 2 heterocycles. The lowest BCUT2D eigenvalue weighted by atomic mass is 9.87. The molecule has 0 spiro atoms. The molecule has 0 aliphatic carbocycles. The fourth-order valence-electron chi connectivity index (χ4n) is 6.39. The van der Waals surface area contributed by atoms with Crippen LogP contribution in [0.3, 0.4) is 0 Å². The first-order chi connectivity index (χ1) is 22.1. The van der Waals surface area contributed by atoms with E-state index in [9.17, 15) is 9.59 Å². The van der Waals surface area contributed by atoms with E-state index in [1.165, 1.54) is 5.56 Å². The Hall–Kier alpha value is -4.27. The summed E-state index contributed by atoms with van der Waals surface area (Å²) in [6.45, 7) is 11.0. The second kappa shape index (κ2) is 13.2. The van der Waals surface area contributed by atoms with Gasteiger partial charge in [0.25, 0.3) is 11.1 Å². The van der Waals surface area contributed by atoms with Crippen LogP contribution in [0.5, 0.6) is 17.2 Å². The molecule has 6 rings (SSSR count). The third-order valence-electron chi connectivity index (χ3n) is 8.95. The van der Waals surface area contributed by atoms with Crippen LogP contribution in [0.25, 0.3) is 16.8 Å². The number of likely N-dealkylation sites (N-methyl/N-ethyl adjacent to an activating group) is 1. The lowest BCUT2D eigenvalue weighted by Crippen LogP contribution is -2.47. The monoisotopic (exact) mass is 636 g/mol. The molecule has 238 valence electrons. The Morgan fingerprint density at radius 2 is 1.70 bits per heavy atom. The van der Waals surface area contributed by atoms with Crippen LogP contribution in [0, 0.1) is 20.8 Å². The van der Waals surface area contributed by atoms with Gasteiger partial charge in [-0.25, -0.2) is 0 Å². The maximum absolute atomic E-state index is 12.2. The van der Waals surface area contributed by atoms with Crippen LogP contribution in [-0.4, -0.2) is 48.4 Å². The third-order valence-corrected chi connectivity index (χ3v) is 9.76. The third kappa shape index (κ3) is 6.64. The van der Waals surface area contributed by atoms with Gasteiger partial charge in [-0.1, -0.05) is 66.7 Å². The molecule has 2 aliphatic heterocycles. The van der Waals surface area contributed by atoms with E-state index in [0.717, 1.165) is 81.2 Å². The van der Waals surface area contributed by atoms with Crippen LogP contribution in [-0.2, 0) is 17.8 Å².